The maximum Gasteiger partial charge on any atom is 0.317 e. The fraction of sp³-hybridized carbons (Fsp3) is 0.615. The summed E-state index contributed by atoms with van der Waals surface area (Å²) >= 11 is 0. The van der Waals surface area contributed by atoms with Crippen LogP contribution in [0.15, 0.2) is 30.3 Å². The summed E-state index contributed by atoms with van der Waals surface area (Å²) in [6.45, 7) is 6.87. The molecule has 2 aliphatic heterocycles. The molecule has 3 aliphatic rings. The highest BCUT2D eigenvalue weighted by Gasteiger charge is 2.68. The number of carbonyl (C=O) groups is 2. The Hall–Kier alpha value is -2.34. The number of rotatable bonds is 5. The van der Waals surface area contributed by atoms with Crippen LogP contribution in [-0.4, -0.2) is 64.2 Å². The topological polar surface area (TPSA) is 72.9 Å². The second-order valence-corrected chi connectivity index (χ2v) is 10.0. The molecule has 1 aromatic rings. The summed E-state index contributed by atoms with van der Waals surface area (Å²) in [7, 11) is 0. The summed E-state index contributed by atoms with van der Waals surface area (Å²) in [6, 6.07) is 8.17. The Bertz CT molecular complexity index is 852. The van der Waals surface area contributed by atoms with Crippen molar-refractivity contribution in [1.29, 1.82) is 0 Å². The third-order valence-electron chi connectivity index (χ3n) is 7.44. The summed E-state index contributed by atoms with van der Waals surface area (Å²) in [4.78, 5) is 30.0. The average Bonchev–Trinajstić information content (AvgIpc) is 2.74. The molecule has 0 unspecified atom stereocenters. The molecule has 1 spiro atoms. The number of carbonyl (C=O) groups excluding carboxylic acids is 2. The van der Waals surface area contributed by atoms with Gasteiger partial charge in [0.05, 0.1) is 18.2 Å². The third kappa shape index (κ3) is 3.94. The molecule has 1 saturated carbocycles. The SMILES string of the molecule is C/C=C/c1ccc([C@@H]2[C@@H](CO)N(C(=O)C3CCCCC3)C23CN(C(=O)NC(C)C)C3)cc1. The summed E-state index contributed by atoms with van der Waals surface area (Å²) in [6.07, 6.45) is 9.33. The molecule has 3 amide bonds. The van der Waals surface area contributed by atoms with Gasteiger partial charge >= 0.3 is 6.03 Å². The van der Waals surface area contributed by atoms with E-state index < -0.39 is 5.54 Å². The first kappa shape index (κ1) is 22.8. The molecule has 2 N–H and O–H groups in total. The minimum absolute atomic E-state index is 0.0304. The lowest BCUT2D eigenvalue weighted by Gasteiger charge is -2.70. The highest BCUT2D eigenvalue weighted by molar-refractivity contribution is 5.84. The highest BCUT2D eigenvalue weighted by atomic mass is 16.3. The number of likely N-dealkylation sites (tertiary alicyclic amines) is 2. The van der Waals surface area contributed by atoms with Gasteiger partial charge in [0.1, 0.15) is 0 Å². The molecule has 2 heterocycles. The standard InChI is InChI=1S/C26H37N3O3/c1-4-8-19-11-13-20(14-12-19)23-22(15-30)29(24(31)21-9-6-5-7-10-21)26(23)16-28(17-26)25(32)27-18(2)3/h4,8,11-14,18,21-23,30H,5-7,9-10,15-17H2,1-3H3,(H,27,32)/b8-4+/t22-,23-/m1/s1. The van der Waals surface area contributed by atoms with E-state index in [0.29, 0.717) is 13.1 Å². The van der Waals surface area contributed by atoms with E-state index in [9.17, 15) is 14.7 Å². The molecular weight excluding hydrogens is 402 g/mol. The Morgan fingerprint density at radius 3 is 2.38 bits per heavy atom. The normalized spacial score (nSPS) is 25.2. The van der Waals surface area contributed by atoms with Crippen molar-refractivity contribution in [3.05, 3.63) is 41.5 Å². The predicted octanol–water partition coefficient (Wildman–Crippen LogP) is 3.76. The van der Waals surface area contributed by atoms with Crippen molar-refractivity contribution in [2.75, 3.05) is 19.7 Å². The summed E-state index contributed by atoms with van der Waals surface area (Å²) in [5.41, 5.74) is 1.85. The van der Waals surface area contributed by atoms with Gasteiger partial charge in [0.2, 0.25) is 5.91 Å². The van der Waals surface area contributed by atoms with Gasteiger partial charge in [-0.15, -0.1) is 0 Å². The van der Waals surface area contributed by atoms with E-state index in [1.165, 1.54) is 6.42 Å². The Morgan fingerprint density at radius 2 is 1.81 bits per heavy atom. The number of nitrogens with zero attached hydrogens (tertiary/aromatic N) is 2. The van der Waals surface area contributed by atoms with Crippen molar-refractivity contribution < 1.29 is 14.7 Å². The van der Waals surface area contributed by atoms with Crippen LogP contribution in [0.2, 0.25) is 0 Å². The van der Waals surface area contributed by atoms with Crippen LogP contribution in [0.25, 0.3) is 6.08 Å². The molecule has 0 bridgehead atoms. The zero-order valence-corrected chi connectivity index (χ0v) is 19.6. The van der Waals surface area contributed by atoms with Gasteiger partial charge in [0.25, 0.3) is 0 Å². The van der Waals surface area contributed by atoms with Crippen LogP contribution in [0, 0.1) is 5.92 Å². The van der Waals surface area contributed by atoms with Crippen LogP contribution in [0.1, 0.15) is 69.9 Å². The van der Waals surface area contributed by atoms with Crippen molar-refractivity contribution >= 4 is 18.0 Å². The Balaban J connectivity index is 1.61. The number of nitrogens with one attached hydrogen (secondary N) is 1. The first-order valence-electron chi connectivity index (χ1n) is 12.1. The van der Waals surface area contributed by atoms with Crippen LogP contribution >= 0.6 is 0 Å². The summed E-state index contributed by atoms with van der Waals surface area (Å²) < 4.78 is 0. The van der Waals surface area contributed by atoms with E-state index in [1.54, 1.807) is 4.90 Å². The van der Waals surface area contributed by atoms with Crippen molar-refractivity contribution in [2.45, 2.75) is 76.4 Å². The van der Waals surface area contributed by atoms with Gasteiger partial charge in [-0.05, 0) is 44.7 Å². The molecule has 1 aliphatic carbocycles. The molecule has 2 saturated heterocycles. The maximum absolute atomic E-state index is 13.6. The molecule has 0 radical (unpaired) electrons. The number of aliphatic hydroxyl groups is 1. The van der Waals surface area contributed by atoms with Crippen molar-refractivity contribution in [2.24, 2.45) is 5.92 Å². The van der Waals surface area contributed by atoms with Gasteiger partial charge in [-0.3, -0.25) is 4.79 Å². The highest BCUT2D eigenvalue weighted by Crippen LogP contribution is 2.54. The van der Waals surface area contributed by atoms with Crippen LogP contribution in [-0.2, 0) is 4.79 Å². The smallest absolute Gasteiger partial charge is 0.317 e. The number of benzene rings is 1. The number of allylic oxidation sites excluding steroid dienone is 1. The molecule has 4 rings (SSSR count). The molecule has 174 valence electrons. The monoisotopic (exact) mass is 439 g/mol. The molecule has 32 heavy (non-hydrogen) atoms. The van der Waals surface area contributed by atoms with Crippen LogP contribution in [0.4, 0.5) is 4.79 Å². The molecular formula is C26H37N3O3. The van der Waals surface area contributed by atoms with Gasteiger partial charge in [0, 0.05) is 31.0 Å². The minimum atomic E-state index is -0.418. The first-order chi connectivity index (χ1) is 15.4. The average molecular weight is 440 g/mol. The molecule has 6 heteroatoms. The summed E-state index contributed by atoms with van der Waals surface area (Å²) in [5, 5.41) is 13.3. The zero-order chi connectivity index (χ0) is 22.9. The lowest BCUT2D eigenvalue weighted by Crippen LogP contribution is -2.86. The number of hydrogen-bond donors (Lipinski definition) is 2. The third-order valence-corrected chi connectivity index (χ3v) is 7.44. The lowest BCUT2D eigenvalue weighted by atomic mass is 9.60. The van der Waals surface area contributed by atoms with Crippen LogP contribution < -0.4 is 5.32 Å². The predicted molar refractivity (Wildman–Crippen MR) is 126 cm³/mol. The number of aliphatic hydroxyl groups excluding tert-OH is 1. The van der Waals surface area contributed by atoms with Crippen molar-refractivity contribution in [3.63, 3.8) is 0 Å². The Labute approximate surface area is 191 Å². The number of amides is 3. The zero-order valence-electron chi connectivity index (χ0n) is 19.6. The van der Waals surface area contributed by atoms with E-state index in [4.69, 9.17) is 0 Å². The van der Waals surface area contributed by atoms with E-state index in [1.807, 2.05) is 31.7 Å². The molecule has 1 aromatic carbocycles. The van der Waals surface area contributed by atoms with E-state index in [-0.39, 0.29) is 42.5 Å². The summed E-state index contributed by atoms with van der Waals surface area (Å²) in [5.74, 6) is 0.253. The van der Waals surface area contributed by atoms with E-state index in [0.717, 1.165) is 36.8 Å². The molecule has 2 atom stereocenters. The van der Waals surface area contributed by atoms with Crippen LogP contribution in [0.3, 0.4) is 0 Å². The van der Waals surface area contributed by atoms with Gasteiger partial charge < -0.3 is 20.2 Å². The van der Waals surface area contributed by atoms with E-state index in [2.05, 4.69) is 35.7 Å². The largest absolute Gasteiger partial charge is 0.394 e. The van der Waals surface area contributed by atoms with Crippen molar-refractivity contribution in [3.8, 4) is 0 Å². The molecule has 0 aromatic heterocycles. The quantitative estimate of drug-likeness (QED) is 0.734. The van der Waals surface area contributed by atoms with Gasteiger partial charge in [0.15, 0.2) is 0 Å². The Kier molecular flexibility index (Phi) is 6.61. The minimum Gasteiger partial charge on any atom is -0.394 e. The Morgan fingerprint density at radius 1 is 1.16 bits per heavy atom. The maximum atomic E-state index is 13.6. The van der Waals surface area contributed by atoms with Gasteiger partial charge in [-0.2, -0.15) is 0 Å². The number of hydrogen-bond acceptors (Lipinski definition) is 3. The van der Waals surface area contributed by atoms with Gasteiger partial charge in [-0.1, -0.05) is 55.7 Å². The van der Waals surface area contributed by atoms with Crippen molar-refractivity contribution in [1.82, 2.24) is 15.1 Å². The molecule has 6 nitrogen and oxygen atoms in total. The first-order valence-corrected chi connectivity index (χ1v) is 12.1. The fourth-order valence-electron chi connectivity index (χ4n) is 6.01. The van der Waals surface area contributed by atoms with Crippen LogP contribution in [0.5, 0.6) is 0 Å². The number of urea groups is 1. The van der Waals surface area contributed by atoms with Gasteiger partial charge in [-0.25, -0.2) is 4.79 Å². The fourth-order valence-corrected chi connectivity index (χ4v) is 6.01. The van der Waals surface area contributed by atoms with E-state index >= 15 is 0 Å². The second-order valence-electron chi connectivity index (χ2n) is 10.0. The lowest BCUT2D eigenvalue weighted by molar-refractivity contribution is -0.197. The second kappa shape index (κ2) is 9.26. The molecule has 3 fully saturated rings.